The molecule has 0 rings (SSSR count). The van der Waals surface area contributed by atoms with Gasteiger partial charge < -0.3 is 10.1 Å². The molecule has 0 saturated carbocycles. The highest BCUT2D eigenvalue weighted by atomic mass is 16.5. The second-order valence-corrected chi connectivity index (χ2v) is 4.82. The largest absolute Gasteiger partial charge is 0.382 e. The number of unbranched alkanes of at least 4 members (excludes halogenated alkanes) is 5. The molecular formula is C14H31NO. The maximum Gasteiger partial charge on any atom is 0.0558 e. The molecule has 0 amide bonds. The third-order valence-corrected chi connectivity index (χ3v) is 3.33. The van der Waals surface area contributed by atoms with Gasteiger partial charge >= 0.3 is 0 Å². The van der Waals surface area contributed by atoms with Crippen LogP contribution in [-0.2, 0) is 4.74 Å². The number of hydrogen-bond acceptors (Lipinski definition) is 2. The maximum absolute atomic E-state index is 5.30. The highest BCUT2D eigenvalue weighted by Crippen LogP contribution is 2.12. The van der Waals surface area contributed by atoms with Gasteiger partial charge in [-0.2, -0.15) is 0 Å². The summed E-state index contributed by atoms with van der Waals surface area (Å²) in [6.07, 6.45) is 11.1. The highest BCUT2D eigenvalue weighted by molar-refractivity contribution is 4.68. The van der Waals surface area contributed by atoms with E-state index in [0.29, 0.717) is 12.1 Å². The molecule has 0 spiro atoms. The summed E-state index contributed by atoms with van der Waals surface area (Å²) < 4.78 is 5.30. The van der Waals surface area contributed by atoms with Gasteiger partial charge in [0.2, 0.25) is 0 Å². The summed E-state index contributed by atoms with van der Waals surface area (Å²) in [4.78, 5) is 0. The van der Waals surface area contributed by atoms with Gasteiger partial charge in [0.05, 0.1) is 6.10 Å². The third-order valence-electron chi connectivity index (χ3n) is 3.33. The van der Waals surface area contributed by atoms with Crippen molar-refractivity contribution in [1.82, 2.24) is 5.32 Å². The van der Waals surface area contributed by atoms with E-state index in [9.17, 15) is 0 Å². The summed E-state index contributed by atoms with van der Waals surface area (Å²) >= 11 is 0. The second-order valence-electron chi connectivity index (χ2n) is 4.82. The zero-order valence-electron chi connectivity index (χ0n) is 11.7. The first-order chi connectivity index (χ1) is 7.74. The number of ether oxygens (including phenoxy) is 1. The Morgan fingerprint density at radius 1 is 1.06 bits per heavy atom. The van der Waals surface area contributed by atoms with Gasteiger partial charge in [0.1, 0.15) is 0 Å². The smallest absolute Gasteiger partial charge is 0.0558 e. The molecule has 0 fully saturated rings. The maximum atomic E-state index is 5.30. The fraction of sp³-hybridized carbons (Fsp3) is 1.00. The predicted molar refractivity (Wildman–Crippen MR) is 71.9 cm³/mol. The molecule has 98 valence electrons. The van der Waals surface area contributed by atoms with Crippen molar-refractivity contribution < 1.29 is 4.74 Å². The van der Waals surface area contributed by atoms with Gasteiger partial charge in [0.15, 0.2) is 0 Å². The van der Waals surface area contributed by atoms with Crippen molar-refractivity contribution in [2.24, 2.45) is 0 Å². The van der Waals surface area contributed by atoms with Crippen LogP contribution < -0.4 is 5.32 Å². The molecule has 0 aromatic carbocycles. The summed E-state index contributed by atoms with van der Waals surface area (Å²) in [5, 5.41) is 3.39. The molecular weight excluding hydrogens is 198 g/mol. The van der Waals surface area contributed by atoms with E-state index >= 15 is 0 Å². The topological polar surface area (TPSA) is 21.3 Å². The average Bonchev–Trinajstić information content (AvgIpc) is 2.31. The lowest BCUT2D eigenvalue weighted by molar-refractivity contribution is 0.0999. The van der Waals surface area contributed by atoms with Crippen molar-refractivity contribution in [2.45, 2.75) is 77.4 Å². The minimum atomic E-state index is 0.373. The van der Waals surface area contributed by atoms with Gasteiger partial charge in [-0.1, -0.05) is 45.4 Å². The lowest BCUT2D eigenvalue weighted by atomic mass is 10.0. The Morgan fingerprint density at radius 3 is 2.25 bits per heavy atom. The van der Waals surface area contributed by atoms with Gasteiger partial charge in [-0.15, -0.1) is 0 Å². The first kappa shape index (κ1) is 15.9. The number of hydrogen-bond donors (Lipinski definition) is 1. The molecule has 0 bridgehead atoms. The molecule has 16 heavy (non-hydrogen) atoms. The normalized spacial score (nSPS) is 15.0. The molecule has 2 unspecified atom stereocenters. The predicted octanol–water partition coefficient (Wildman–Crippen LogP) is 3.75. The lowest BCUT2D eigenvalue weighted by Crippen LogP contribution is -2.29. The zero-order chi connectivity index (χ0) is 12.2. The standard InChI is InChI=1S/C14H31NO/c1-5-6-7-8-9-10-11-14(15-3)12-13(2)16-4/h13-15H,5-12H2,1-4H3. The molecule has 0 aliphatic heterocycles. The van der Waals surface area contributed by atoms with Crippen molar-refractivity contribution in [3.05, 3.63) is 0 Å². The number of methoxy groups -OCH3 is 1. The summed E-state index contributed by atoms with van der Waals surface area (Å²) in [6.45, 7) is 4.41. The Kier molecular flexibility index (Phi) is 11.3. The monoisotopic (exact) mass is 229 g/mol. The Hall–Kier alpha value is -0.0800. The van der Waals surface area contributed by atoms with Gasteiger partial charge in [0, 0.05) is 13.2 Å². The van der Waals surface area contributed by atoms with Crippen molar-refractivity contribution in [1.29, 1.82) is 0 Å². The molecule has 1 N–H and O–H groups in total. The van der Waals surface area contributed by atoms with E-state index in [4.69, 9.17) is 4.74 Å². The number of rotatable bonds is 11. The van der Waals surface area contributed by atoms with Crippen LogP contribution in [-0.4, -0.2) is 26.3 Å². The van der Waals surface area contributed by atoms with Crippen LogP contribution in [0.3, 0.4) is 0 Å². The van der Waals surface area contributed by atoms with Crippen LogP contribution in [0.4, 0.5) is 0 Å². The Labute approximate surface area is 102 Å². The fourth-order valence-corrected chi connectivity index (χ4v) is 2.05. The van der Waals surface area contributed by atoms with Gasteiger partial charge in [0.25, 0.3) is 0 Å². The minimum Gasteiger partial charge on any atom is -0.382 e. The van der Waals surface area contributed by atoms with Crippen LogP contribution in [0, 0.1) is 0 Å². The number of nitrogens with one attached hydrogen (secondary N) is 1. The Bertz CT molecular complexity index is 139. The molecule has 2 nitrogen and oxygen atoms in total. The Balaban J connectivity index is 3.40. The molecule has 0 aromatic rings. The van der Waals surface area contributed by atoms with E-state index in [1.807, 2.05) is 0 Å². The zero-order valence-corrected chi connectivity index (χ0v) is 11.7. The van der Waals surface area contributed by atoms with E-state index in [1.54, 1.807) is 7.11 Å². The van der Waals surface area contributed by atoms with Gasteiger partial charge in [-0.25, -0.2) is 0 Å². The van der Waals surface area contributed by atoms with E-state index in [-0.39, 0.29) is 0 Å². The SMILES string of the molecule is CCCCCCCCC(CC(C)OC)NC. The lowest BCUT2D eigenvalue weighted by Gasteiger charge is -2.19. The van der Waals surface area contributed by atoms with Crippen molar-refractivity contribution in [3.8, 4) is 0 Å². The van der Waals surface area contributed by atoms with Crippen LogP contribution in [0.25, 0.3) is 0 Å². The molecule has 2 atom stereocenters. The van der Waals surface area contributed by atoms with Crippen molar-refractivity contribution in [2.75, 3.05) is 14.2 Å². The van der Waals surface area contributed by atoms with E-state index in [1.165, 1.54) is 44.9 Å². The highest BCUT2D eigenvalue weighted by Gasteiger charge is 2.10. The first-order valence-electron chi connectivity index (χ1n) is 6.94. The summed E-state index contributed by atoms with van der Waals surface area (Å²) in [7, 11) is 3.85. The molecule has 0 saturated heterocycles. The van der Waals surface area contributed by atoms with Crippen LogP contribution in [0.2, 0.25) is 0 Å². The minimum absolute atomic E-state index is 0.373. The van der Waals surface area contributed by atoms with Gasteiger partial charge in [-0.05, 0) is 26.8 Å². The first-order valence-corrected chi connectivity index (χ1v) is 6.94. The van der Waals surface area contributed by atoms with E-state index in [2.05, 4.69) is 26.2 Å². The van der Waals surface area contributed by atoms with Crippen molar-refractivity contribution >= 4 is 0 Å². The molecule has 0 aliphatic rings. The van der Waals surface area contributed by atoms with Gasteiger partial charge in [-0.3, -0.25) is 0 Å². The molecule has 0 radical (unpaired) electrons. The summed E-state index contributed by atoms with van der Waals surface area (Å²) in [5.74, 6) is 0. The second kappa shape index (κ2) is 11.4. The summed E-state index contributed by atoms with van der Waals surface area (Å²) in [6, 6.07) is 0.626. The molecule has 2 heteroatoms. The molecule has 0 aliphatic carbocycles. The fourth-order valence-electron chi connectivity index (χ4n) is 2.05. The third kappa shape index (κ3) is 9.17. The average molecular weight is 229 g/mol. The molecule has 0 aromatic heterocycles. The van der Waals surface area contributed by atoms with Crippen LogP contribution in [0.15, 0.2) is 0 Å². The Morgan fingerprint density at radius 2 is 1.69 bits per heavy atom. The van der Waals surface area contributed by atoms with Crippen LogP contribution >= 0.6 is 0 Å². The van der Waals surface area contributed by atoms with E-state index < -0.39 is 0 Å². The van der Waals surface area contributed by atoms with Crippen LogP contribution in [0.1, 0.15) is 65.2 Å². The van der Waals surface area contributed by atoms with Crippen LogP contribution in [0.5, 0.6) is 0 Å². The van der Waals surface area contributed by atoms with Crippen molar-refractivity contribution in [3.63, 3.8) is 0 Å². The summed E-state index contributed by atoms with van der Waals surface area (Å²) in [5.41, 5.74) is 0. The quantitative estimate of drug-likeness (QED) is 0.545. The molecule has 0 heterocycles. The van der Waals surface area contributed by atoms with E-state index in [0.717, 1.165) is 6.42 Å².